The van der Waals surface area contributed by atoms with Crippen LogP contribution < -0.4 is 10.2 Å². The molecule has 2 rings (SSSR count). The number of benzene rings is 1. The Morgan fingerprint density at radius 3 is 2.91 bits per heavy atom. The predicted octanol–water partition coefficient (Wildman–Crippen LogP) is 2.93. The summed E-state index contributed by atoms with van der Waals surface area (Å²) >= 11 is 5.23. The van der Waals surface area contributed by atoms with Crippen molar-refractivity contribution in [2.75, 3.05) is 7.11 Å². The number of amides is 1. The number of carbonyl (C=O) groups excluding carboxylic acids is 1. The van der Waals surface area contributed by atoms with E-state index in [4.69, 9.17) is 4.74 Å². The zero-order valence-corrected chi connectivity index (χ0v) is 15.1. The lowest BCUT2D eigenvalue weighted by Gasteiger charge is -2.06. The van der Waals surface area contributed by atoms with Crippen LogP contribution in [0.5, 0.6) is 11.5 Å². The van der Waals surface area contributed by atoms with E-state index < -0.39 is 0 Å². The quantitative estimate of drug-likeness (QED) is 0.404. The standard InChI is InChI=1S/C14H11BrIN3O3/c1-22-12-3-8(2-11(16)13(12)20)5-18-19-14(21)9-4-10(15)7-17-6-9/h2-7,20H,1H3,(H,19,21)/b18-5+. The Morgan fingerprint density at radius 2 is 2.23 bits per heavy atom. The van der Waals surface area contributed by atoms with Gasteiger partial charge < -0.3 is 9.84 Å². The Hall–Kier alpha value is -1.68. The molecule has 1 heterocycles. The number of pyridine rings is 1. The third kappa shape index (κ3) is 4.17. The molecular weight excluding hydrogens is 465 g/mol. The molecular formula is C14H11BrIN3O3. The van der Waals surface area contributed by atoms with E-state index in [1.807, 2.05) is 22.6 Å². The number of hydrazone groups is 1. The van der Waals surface area contributed by atoms with Gasteiger partial charge in [-0.2, -0.15) is 5.10 Å². The monoisotopic (exact) mass is 475 g/mol. The smallest absolute Gasteiger partial charge is 0.272 e. The van der Waals surface area contributed by atoms with E-state index in [1.165, 1.54) is 19.5 Å². The first-order valence-electron chi connectivity index (χ1n) is 6.01. The highest BCUT2D eigenvalue weighted by Crippen LogP contribution is 2.31. The third-order valence-corrected chi connectivity index (χ3v) is 3.87. The number of phenols is 1. The minimum Gasteiger partial charge on any atom is -0.504 e. The molecule has 0 fully saturated rings. The lowest BCUT2D eigenvalue weighted by atomic mass is 10.2. The fourth-order valence-electron chi connectivity index (χ4n) is 1.59. The molecule has 0 atom stereocenters. The minimum atomic E-state index is -0.370. The van der Waals surface area contributed by atoms with Crippen molar-refractivity contribution in [3.8, 4) is 11.5 Å². The van der Waals surface area contributed by atoms with E-state index in [0.29, 0.717) is 24.9 Å². The van der Waals surface area contributed by atoms with E-state index in [2.05, 4.69) is 31.4 Å². The Balaban J connectivity index is 2.10. The van der Waals surface area contributed by atoms with Crippen LogP contribution in [0.25, 0.3) is 0 Å². The summed E-state index contributed by atoms with van der Waals surface area (Å²) in [6, 6.07) is 4.98. The number of hydrogen-bond donors (Lipinski definition) is 2. The van der Waals surface area contributed by atoms with Gasteiger partial charge >= 0.3 is 0 Å². The summed E-state index contributed by atoms with van der Waals surface area (Å²) in [5.74, 6) is 0.0471. The van der Waals surface area contributed by atoms with Crippen LogP contribution in [0.1, 0.15) is 15.9 Å². The number of hydrogen-bond acceptors (Lipinski definition) is 5. The fraction of sp³-hybridized carbons (Fsp3) is 0.0714. The fourth-order valence-corrected chi connectivity index (χ4v) is 2.58. The summed E-state index contributed by atoms with van der Waals surface area (Å²) in [6.45, 7) is 0. The molecule has 0 unspecified atom stereocenters. The molecule has 0 radical (unpaired) electrons. The van der Waals surface area contributed by atoms with Crippen LogP contribution in [0.2, 0.25) is 0 Å². The second kappa shape index (κ2) is 7.54. The Morgan fingerprint density at radius 1 is 1.45 bits per heavy atom. The zero-order valence-electron chi connectivity index (χ0n) is 11.4. The summed E-state index contributed by atoms with van der Waals surface area (Å²) < 4.78 is 6.40. The van der Waals surface area contributed by atoms with Gasteiger partial charge in [0.25, 0.3) is 5.91 Å². The number of halogens is 2. The number of rotatable bonds is 4. The van der Waals surface area contributed by atoms with E-state index in [9.17, 15) is 9.90 Å². The van der Waals surface area contributed by atoms with Crippen LogP contribution in [0, 0.1) is 3.57 Å². The van der Waals surface area contributed by atoms with Gasteiger partial charge in [0.2, 0.25) is 0 Å². The van der Waals surface area contributed by atoms with E-state index in [1.54, 1.807) is 24.4 Å². The summed E-state index contributed by atoms with van der Waals surface area (Å²) in [4.78, 5) is 15.8. The molecule has 0 aliphatic rings. The topological polar surface area (TPSA) is 83.8 Å². The number of aromatic nitrogens is 1. The number of carbonyl (C=O) groups is 1. The first-order valence-corrected chi connectivity index (χ1v) is 7.89. The number of phenolic OH excluding ortho intramolecular Hbond substituents is 1. The molecule has 0 saturated heterocycles. The molecule has 1 aromatic heterocycles. The van der Waals surface area contributed by atoms with Crippen molar-refractivity contribution in [2.24, 2.45) is 5.10 Å². The summed E-state index contributed by atoms with van der Waals surface area (Å²) in [5.41, 5.74) is 3.49. The maximum Gasteiger partial charge on any atom is 0.272 e. The van der Waals surface area contributed by atoms with Gasteiger partial charge in [-0.3, -0.25) is 9.78 Å². The van der Waals surface area contributed by atoms with Gasteiger partial charge in [0.15, 0.2) is 11.5 Å². The molecule has 0 spiro atoms. The molecule has 22 heavy (non-hydrogen) atoms. The largest absolute Gasteiger partial charge is 0.504 e. The van der Waals surface area contributed by atoms with Crippen LogP contribution in [-0.4, -0.2) is 29.3 Å². The van der Waals surface area contributed by atoms with Crippen LogP contribution in [0.4, 0.5) is 0 Å². The van der Waals surface area contributed by atoms with Gasteiger partial charge in [0.1, 0.15) is 0 Å². The van der Waals surface area contributed by atoms with Gasteiger partial charge in [0.05, 0.1) is 22.5 Å². The molecule has 0 aliphatic heterocycles. The number of aromatic hydroxyl groups is 1. The van der Waals surface area contributed by atoms with Crippen molar-refractivity contribution >= 4 is 50.6 Å². The van der Waals surface area contributed by atoms with E-state index in [0.717, 1.165) is 0 Å². The minimum absolute atomic E-state index is 0.0736. The van der Waals surface area contributed by atoms with Crippen molar-refractivity contribution in [1.29, 1.82) is 0 Å². The van der Waals surface area contributed by atoms with Crippen LogP contribution in [0.3, 0.4) is 0 Å². The van der Waals surface area contributed by atoms with Crippen molar-refractivity contribution in [3.63, 3.8) is 0 Å². The molecule has 1 aromatic carbocycles. The van der Waals surface area contributed by atoms with Crippen LogP contribution in [-0.2, 0) is 0 Å². The zero-order chi connectivity index (χ0) is 16.1. The average molecular weight is 476 g/mol. The molecule has 2 N–H and O–H groups in total. The molecule has 2 aromatic rings. The number of nitrogens with zero attached hydrogens (tertiary/aromatic N) is 2. The molecule has 0 saturated carbocycles. The average Bonchev–Trinajstić information content (AvgIpc) is 2.50. The highest BCUT2D eigenvalue weighted by Gasteiger charge is 2.08. The van der Waals surface area contributed by atoms with Gasteiger partial charge in [-0.15, -0.1) is 0 Å². The second-order valence-electron chi connectivity index (χ2n) is 4.14. The highest BCUT2D eigenvalue weighted by molar-refractivity contribution is 14.1. The predicted molar refractivity (Wildman–Crippen MR) is 94.4 cm³/mol. The van der Waals surface area contributed by atoms with Crippen molar-refractivity contribution < 1.29 is 14.6 Å². The van der Waals surface area contributed by atoms with E-state index >= 15 is 0 Å². The van der Waals surface area contributed by atoms with Gasteiger partial charge in [-0.05, 0) is 62.3 Å². The molecule has 0 bridgehead atoms. The van der Waals surface area contributed by atoms with Crippen LogP contribution >= 0.6 is 38.5 Å². The lowest BCUT2D eigenvalue weighted by molar-refractivity contribution is 0.0954. The molecule has 8 heteroatoms. The van der Waals surface area contributed by atoms with Gasteiger partial charge in [-0.25, -0.2) is 5.43 Å². The number of nitrogens with one attached hydrogen (secondary N) is 1. The lowest BCUT2D eigenvalue weighted by Crippen LogP contribution is -2.17. The first-order chi connectivity index (χ1) is 10.5. The van der Waals surface area contributed by atoms with Crippen molar-refractivity contribution in [1.82, 2.24) is 10.4 Å². The van der Waals surface area contributed by atoms with Gasteiger partial charge in [0, 0.05) is 16.9 Å². The number of ether oxygens (including phenoxy) is 1. The Labute approximate surface area is 148 Å². The highest BCUT2D eigenvalue weighted by atomic mass is 127. The maximum absolute atomic E-state index is 11.9. The molecule has 0 aliphatic carbocycles. The Kier molecular flexibility index (Phi) is 5.72. The molecule has 1 amide bonds. The normalized spacial score (nSPS) is 10.7. The summed E-state index contributed by atoms with van der Waals surface area (Å²) in [5, 5.41) is 13.6. The molecule has 114 valence electrons. The van der Waals surface area contributed by atoms with E-state index in [-0.39, 0.29) is 11.7 Å². The second-order valence-corrected chi connectivity index (χ2v) is 6.22. The SMILES string of the molecule is COc1cc(/C=N/NC(=O)c2cncc(Br)c2)cc(I)c1O. The van der Waals surface area contributed by atoms with Crippen molar-refractivity contribution in [3.05, 3.63) is 49.8 Å². The van der Waals surface area contributed by atoms with Crippen LogP contribution in [0.15, 0.2) is 40.2 Å². The van der Waals surface area contributed by atoms with Gasteiger partial charge in [-0.1, -0.05) is 0 Å². The Bertz CT molecular complexity index is 737. The first kappa shape index (κ1) is 16.7. The maximum atomic E-state index is 11.9. The summed E-state index contributed by atoms with van der Waals surface area (Å²) in [7, 11) is 1.47. The third-order valence-electron chi connectivity index (χ3n) is 2.62. The molecule has 6 nitrogen and oxygen atoms in total. The number of methoxy groups -OCH3 is 1. The van der Waals surface area contributed by atoms with Crippen molar-refractivity contribution in [2.45, 2.75) is 0 Å². The summed E-state index contributed by atoms with van der Waals surface area (Å²) in [6.07, 6.45) is 4.50.